The fourth-order valence-corrected chi connectivity index (χ4v) is 3.96. The number of amides is 2. The molecule has 1 aromatic carbocycles. The maximum absolute atomic E-state index is 13.2. The molecule has 2 amide bonds. The van der Waals surface area contributed by atoms with Crippen molar-refractivity contribution >= 4 is 35.0 Å². The Morgan fingerprint density at radius 1 is 1.03 bits per heavy atom. The van der Waals surface area contributed by atoms with Gasteiger partial charge in [-0.05, 0) is 31.9 Å². The Kier molecular flexibility index (Phi) is 11.8. The number of ether oxygens (including phenoxy) is 1. The zero-order valence-corrected chi connectivity index (χ0v) is 22.7. The summed E-state index contributed by atoms with van der Waals surface area (Å²) in [5.41, 5.74) is 5.39. The van der Waals surface area contributed by atoms with Gasteiger partial charge in [0, 0.05) is 32.2 Å². The Balaban J connectivity index is 2.14. The van der Waals surface area contributed by atoms with E-state index in [0.29, 0.717) is 25.1 Å². The van der Waals surface area contributed by atoms with Crippen LogP contribution in [0.5, 0.6) is 0 Å². The van der Waals surface area contributed by atoms with Crippen LogP contribution in [0.15, 0.2) is 39.9 Å². The summed E-state index contributed by atoms with van der Waals surface area (Å²) in [6, 6.07) is 8.94. The minimum atomic E-state index is -1.05. The highest BCUT2D eigenvalue weighted by molar-refractivity contribution is 5.98. The molecule has 0 fully saturated rings. The van der Waals surface area contributed by atoms with Crippen LogP contribution in [-0.2, 0) is 25.7 Å². The molecule has 3 N–H and O–H groups in total. The van der Waals surface area contributed by atoms with Crippen molar-refractivity contribution in [3.8, 4) is 0 Å². The van der Waals surface area contributed by atoms with Gasteiger partial charge in [-0.1, -0.05) is 51.3 Å². The van der Waals surface area contributed by atoms with Crippen LogP contribution in [0, 0.1) is 0 Å². The fourth-order valence-electron chi connectivity index (χ4n) is 3.96. The van der Waals surface area contributed by atoms with E-state index in [-0.39, 0.29) is 30.9 Å². The number of rotatable bonds is 14. The largest absolute Gasteiger partial charge is 0.453 e. The van der Waals surface area contributed by atoms with E-state index in [9.17, 15) is 24.0 Å². The number of hydrogen-bond acceptors (Lipinski definition) is 7. The summed E-state index contributed by atoms with van der Waals surface area (Å²) in [6.07, 6.45) is 2.19. The van der Waals surface area contributed by atoms with Crippen LogP contribution in [0.1, 0.15) is 65.7 Å². The smallest absolute Gasteiger partial charge is 0.330 e. The lowest BCUT2D eigenvalue weighted by Gasteiger charge is -2.25. The average molecular weight is 530 g/mol. The number of hydrogen-bond donors (Lipinski definition) is 2. The molecule has 0 spiro atoms. The zero-order valence-electron chi connectivity index (χ0n) is 22.7. The Morgan fingerprint density at radius 3 is 2.32 bits per heavy atom. The first-order valence-corrected chi connectivity index (χ1v) is 13.1. The SMILES string of the molecule is CCCCCN(C(=O)CCC(=O)OC(C)C(=O)N(C)c1ccccc1)c1c(N)n(CCCC)c(=O)[nH]c1=O. The highest BCUT2D eigenvalue weighted by Crippen LogP contribution is 2.20. The number of H-pyrrole nitrogens is 1. The maximum atomic E-state index is 13.2. The third-order valence-electron chi connectivity index (χ3n) is 6.18. The van der Waals surface area contributed by atoms with Crippen molar-refractivity contribution in [1.82, 2.24) is 9.55 Å². The topological polar surface area (TPSA) is 148 Å². The molecule has 0 bridgehead atoms. The molecule has 1 aromatic heterocycles. The van der Waals surface area contributed by atoms with Crippen molar-refractivity contribution in [3.63, 3.8) is 0 Å². The van der Waals surface area contributed by atoms with Gasteiger partial charge in [0.25, 0.3) is 11.5 Å². The van der Waals surface area contributed by atoms with Gasteiger partial charge in [0.15, 0.2) is 11.8 Å². The van der Waals surface area contributed by atoms with E-state index in [4.69, 9.17) is 10.5 Å². The van der Waals surface area contributed by atoms with Crippen molar-refractivity contribution in [1.29, 1.82) is 0 Å². The Labute approximate surface area is 222 Å². The van der Waals surface area contributed by atoms with Crippen LogP contribution < -0.4 is 26.8 Å². The van der Waals surface area contributed by atoms with Gasteiger partial charge < -0.3 is 20.3 Å². The minimum Gasteiger partial charge on any atom is -0.453 e. The predicted octanol–water partition coefficient (Wildman–Crippen LogP) is 2.82. The molecule has 0 radical (unpaired) electrons. The number of anilines is 3. The standard InChI is InChI=1S/C27H39N5O6/c1-5-7-12-18-31(23-24(28)32(17-8-6-2)27(37)29-25(23)35)21(33)15-16-22(34)38-19(3)26(36)30(4)20-13-10-9-11-14-20/h9-11,13-14,19H,5-8,12,15-18,28H2,1-4H3,(H,29,35,37). The lowest BCUT2D eigenvalue weighted by atomic mass is 10.2. The van der Waals surface area contributed by atoms with Crippen LogP contribution in [0.4, 0.5) is 17.2 Å². The fraction of sp³-hybridized carbons (Fsp3) is 0.519. The Bertz CT molecular complexity index is 1210. The number of unbranched alkanes of at least 4 members (excludes halogenated alkanes) is 3. The monoisotopic (exact) mass is 529 g/mol. The molecule has 0 aliphatic heterocycles. The number of nitrogens with zero attached hydrogens (tertiary/aromatic N) is 3. The number of para-hydroxylation sites is 1. The normalized spacial score (nSPS) is 11.6. The first-order chi connectivity index (χ1) is 18.1. The molecule has 1 unspecified atom stereocenters. The molecule has 1 heterocycles. The van der Waals surface area contributed by atoms with Crippen LogP contribution in [-0.4, -0.2) is 47.0 Å². The van der Waals surface area contributed by atoms with Gasteiger partial charge >= 0.3 is 11.7 Å². The van der Waals surface area contributed by atoms with Crippen molar-refractivity contribution in [2.45, 2.75) is 78.4 Å². The zero-order chi connectivity index (χ0) is 28.2. The van der Waals surface area contributed by atoms with Crippen molar-refractivity contribution < 1.29 is 19.1 Å². The number of carbonyl (C=O) groups is 3. The van der Waals surface area contributed by atoms with E-state index in [2.05, 4.69) is 4.98 Å². The molecule has 0 saturated heterocycles. The number of nitrogen functional groups attached to an aromatic ring is 1. The minimum absolute atomic E-state index is 0.0807. The second kappa shape index (κ2) is 14.7. The lowest BCUT2D eigenvalue weighted by molar-refractivity contribution is -0.154. The molecular weight excluding hydrogens is 490 g/mol. The van der Waals surface area contributed by atoms with E-state index < -0.39 is 35.1 Å². The first-order valence-electron chi connectivity index (χ1n) is 13.1. The first kappa shape index (κ1) is 30.3. The molecule has 2 rings (SSSR count). The van der Waals surface area contributed by atoms with Gasteiger partial charge in [-0.15, -0.1) is 0 Å². The molecular formula is C27H39N5O6. The van der Waals surface area contributed by atoms with Crippen molar-refractivity contribution in [3.05, 3.63) is 51.2 Å². The summed E-state index contributed by atoms with van der Waals surface area (Å²) in [4.78, 5) is 68.3. The molecule has 11 heteroatoms. The number of nitrogens with one attached hydrogen (secondary N) is 1. The number of benzene rings is 1. The summed E-state index contributed by atoms with van der Waals surface area (Å²) in [5.74, 6) is -1.71. The van der Waals surface area contributed by atoms with Gasteiger partial charge in [0.05, 0.1) is 6.42 Å². The second-order valence-electron chi connectivity index (χ2n) is 9.12. The maximum Gasteiger partial charge on any atom is 0.330 e. The van der Waals surface area contributed by atoms with Gasteiger partial charge in [0.1, 0.15) is 5.82 Å². The number of carbonyl (C=O) groups excluding carboxylic acids is 3. The van der Waals surface area contributed by atoms with Crippen LogP contribution in [0.25, 0.3) is 0 Å². The summed E-state index contributed by atoms with van der Waals surface area (Å²) in [5, 5.41) is 0. The Hall–Kier alpha value is -3.89. The molecule has 38 heavy (non-hydrogen) atoms. The third kappa shape index (κ3) is 8.06. The highest BCUT2D eigenvalue weighted by atomic mass is 16.5. The number of esters is 1. The number of aromatic amines is 1. The van der Waals surface area contributed by atoms with E-state index >= 15 is 0 Å². The van der Waals surface area contributed by atoms with E-state index in [1.807, 2.05) is 19.9 Å². The summed E-state index contributed by atoms with van der Waals surface area (Å²) in [7, 11) is 1.58. The van der Waals surface area contributed by atoms with Gasteiger partial charge in [0.2, 0.25) is 5.91 Å². The molecule has 0 aliphatic carbocycles. The van der Waals surface area contributed by atoms with Gasteiger partial charge in [-0.2, -0.15) is 0 Å². The molecule has 0 saturated carbocycles. The quantitative estimate of drug-likeness (QED) is 0.282. The summed E-state index contributed by atoms with van der Waals surface area (Å²) < 4.78 is 6.53. The van der Waals surface area contributed by atoms with Crippen molar-refractivity contribution in [2.75, 3.05) is 29.1 Å². The molecule has 2 aromatic rings. The summed E-state index contributed by atoms with van der Waals surface area (Å²) in [6.45, 7) is 5.95. The summed E-state index contributed by atoms with van der Waals surface area (Å²) >= 11 is 0. The van der Waals surface area contributed by atoms with E-state index in [0.717, 1.165) is 19.3 Å². The van der Waals surface area contributed by atoms with Crippen LogP contribution >= 0.6 is 0 Å². The molecule has 208 valence electrons. The van der Waals surface area contributed by atoms with E-state index in [1.54, 1.807) is 31.3 Å². The number of aromatic nitrogens is 2. The average Bonchev–Trinajstić information content (AvgIpc) is 2.90. The lowest BCUT2D eigenvalue weighted by Crippen LogP contribution is -2.42. The third-order valence-corrected chi connectivity index (χ3v) is 6.18. The van der Waals surface area contributed by atoms with Gasteiger partial charge in [-0.3, -0.25) is 28.7 Å². The molecule has 11 nitrogen and oxygen atoms in total. The van der Waals surface area contributed by atoms with Crippen LogP contribution in [0.2, 0.25) is 0 Å². The van der Waals surface area contributed by atoms with Crippen molar-refractivity contribution in [2.24, 2.45) is 0 Å². The highest BCUT2D eigenvalue weighted by Gasteiger charge is 2.26. The van der Waals surface area contributed by atoms with E-state index in [1.165, 1.54) is 21.3 Å². The number of likely N-dealkylation sites (N-methyl/N-ethyl adjacent to an activating group) is 1. The predicted molar refractivity (Wildman–Crippen MR) is 147 cm³/mol. The molecule has 1 atom stereocenters. The second-order valence-corrected chi connectivity index (χ2v) is 9.12. The van der Waals surface area contributed by atoms with Crippen LogP contribution in [0.3, 0.4) is 0 Å². The van der Waals surface area contributed by atoms with Gasteiger partial charge in [-0.25, -0.2) is 4.79 Å². The Morgan fingerprint density at radius 2 is 1.68 bits per heavy atom. The number of nitrogens with two attached hydrogens (primary N) is 1. The molecule has 0 aliphatic rings.